The van der Waals surface area contributed by atoms with E-state index in [1.165, 1.54) is 11.3 Å². The lowest BCUT2D eigenvalue weighted by atomic mass is 10.1. The number of rotatable bonds is 11. The highest BCUT2D eigenvalue weighted by atomic mass is 32.1. The van der Waals surface area contributed by atoms with Crippen molar-refractivity contribution in [2.24, 2.45) is 0 Å². The SMILES string of the molecule is CCCN(CCC)C[C@H](O)Cn1cc(/C=C/C(=O)c2cccs2)c2ccccc21. The van der Waals surface area contributed by atoms with E-state index in [9.17, 15) is 9.90 Å². The van der Waals surface area contributed by atoms with Crippen molar-refractivity contribution in [3.63, 3.8) is 0 Å². The average Bonchev–Trinajstić information content (AvgIpc) is 3.36. The van der Waals surface area contributed by atoms with Crippen LogP contribution in [0.2, 0.25) is 0 Å². The van der Waals surface area contributed by atoms with Crippen LogP contribution in [0.1, 0.15) is 41.9 Å². The average molecular weight is 411 g/mol. The smallest absolute Gasteiger partial charge is 0.195 e. The molecule has 154 valence electrons. The highest BCUT2D eigenvalue weighted by Gasteiger charge is 2.14. The van der Waals surface area contributed by atoms with Gasteiger partial charge in [-0.1, -0.05) is 38.1 Å². The molecule has 0 fully saturated rings. The zero-order valence-electron chi connectivity index (χ0n) is 17.3. The Morgan fingerprint density at radius 2 is 1.93 bits per heavy atom. The Morgan fingerprint density at radius 1 is 1.17 bits per heavy atom. The molecule has 0 aliphatic rings. The van der Waals surface area contributed by atoms with Crippen molar-refractivity contribution in [2.45, 2.75) is 39.3 Å². The summed E-state index contributed by atoms with van der Waals surface area (Å²) in [6, 6.07) is 11.9. The van der Waals surface area contributed by atoms with Crippen molar-refractivity contribution in [2.75, 3.05) is 19.6 Å². The third-order valence-corrected chi connectivity index (χ3v) is 5.84. The van der Waals surface area contributed by atoms with E-state index in [1.807, 2.05) is 41.9 Å². The first-order valence-corrected chi connectivity index (χ1v) is 11.2. The molecule has 5 heteroatoms. The fourth-order valence-corrected chi connectivity index (χ4v) is 4.38. The molecule has 0 spiro atoms. The summed E-state index contributed by atoms with van der Waals surface area (Å²) in [5.41, 5.74) is 2.07. The van der Waals surface area contributed by atoms with Crippen LogP contribution in [0.25, 0.3) is 17.0 Å². The second kappa shape index (κ2) is 10.5. The Morgan fingerprint density at radius 3 is 2.62 bits per heavy atom. The molecular weight excluding hydrogens is 380 g/mol. The lowest BCUT2D eigenvalue weighted by Gasteiger charge is -2.24. The number of para-hydroxylation sites is 1. The number of aliphatic hydroxyl groups excluding tert-OH is 1. The fraction of sp³-hybridized carbons (Fsp3) is 0.375. The van der Waals surface area contributed by atoms with Crippen LogP contribution in [0.5, 0.6) is 0 Å². The number of thiophene rings is 1. The van der Waals surface area contributed by atoms with Gasteiger partial charge < -0.3 is 14.6 Å². The van der Waals surface area contributed by atoms with E-state index in [0.717, 1.165) is 47.3 Å². The number of carbonyl (C=O) groups excluding carboxylic acids is 1. The van der Waals surface area contributed by atoms with Crippen LogP contribution in [0.3, 0.4) is 0 Å². The first-order valence-electron chi connectivity index (χ1n) is 10.4. The second-order valence-electron chi connectivity index (χ2n) is 7.38. The molecule has 0 saturated carbocycles. The maximum atomic E-state index is 12.3. The maximum Gasteiger partial charge on any atom is 0.195 e. The quantitative estimate of drug-likeness (QED) is 0.354. The number of allylic oxidation sites excluding steroid dienone is 1. The molecule has 3 aromatic rings. The van der Waals surface area contributed by atoms with Gasteiger partial charge in [-0.05, 0) is 55.6 Å². The fourth-order valence-electron chi connectivity index (χ4n) is 3.74. The molecule has 2 aromatic heterocycles. The Hall–Kier alpha value is -2.21. The molecule has 0 saturated heterocycles. The molecule has 0 aliphatic heterocycles. The van der Waals surface area contributed by atoms with Gasteiger partial charge in [0.2, 0.25) is 0 Å². The Balaban J connectivity index is 1.77. The largest absolute Gasteiger partial charge is 0.390 e. The van der Waals surface area contributed by atoms with Gasteiger partial charge in [0.25, 0.3) is 0 Å². The first kappa shape index (κ1) is 21.5. The molecule has 1 aromatic carbocycles. The molecule has 0 aliphatic carbocycles. The molecule has 0 bridgehead atoms. The third kappa shape index (κ3) is 5.66. The summed E-state index contributed by atoms with van der Waals surface area (Å²) in [5.74, 6) is 0.0200. The number of ketones is 1. The minimum absolute atomic E-state index is 0.0200. The Bertz CT molecular complexity index is 937. The lowest BCUT2D eigenvalue weighted by molar-refractivity contribution is 0.0988. The predicted molar refractivity (Wildman–Crippen MR) is 123 cm³/mol. The summed E-state index contributed by atoms with van der Waals surface area (Å²) in [5, 5.41) is 13.7. The van der Waals surface area contributed by atoms with Crippen molar-refractivity contribution < 1.29 is 9.90 Å². The highest BCUT2D eigenvalue weighted by Crippen LogP contribution is 2.23. The number of hydrogen-bond acceptors (Lipinski definition) is 4. The number of nitrogens with zero attached hydrogens (tertiary/aromatic N) is 2. The van der Waals surface area contributed by atoms with Crippen molar-refractivity contribution in [3.05, 3.63) is 64.5 Å². The second-order valence-corrected chi connectivity index (χ2v) is 8.33. The van der Waals surface area contributed by atoms with Crippen LogP contribution in [0.15, 0.2) is 54.1 Å². The number of hydrogen-bond donors (Lipinski definition) is 1. The molecular formula is C24H30N2O2S. The highest BCUT2D eigenvalue weighted by molar-refractivity contribution is 7.12. The van der Waals surface area contributed by atoms with Crippen LogP contribution < -0.4 is 0 Å². The van der Waals surface area contributed by atoms with E-state index >= 15 is 0 Å². The van der Waals surface area contributed by atoms with Crippen LogP contribution in [0, 0.1) is 0 Å². The number of aromatic nitrogens is 1. The topological polar surface area (TPSA) is 45.5 Å². The Labute approximate surface area is 177 Å². The monoisotopic (exact) mass is 410 g/mol. The van der Waals surface area contributed by atoms with Crippen LogP contribution >= 0.6 is 11.3 Å². The van der Waals surface area contributed by atoms with E-state index in [4.69, 9.17) is 0 Å². The van der Waals surface area contributed by atoms with Gasteiger partial charge in [0.1, 0.15) is 0 Å². The number of fused-ring (bicyclic) bond motifs is 1. The van der Waals surface area contributed by atoms with Crippen molar-refractivity contribution in [1.82, 2.24) is 9.47 Å². The zero-order valence-corrected chi connectivity index (χ0v) is 18.1. The molecule has 3 rings (SSSR count). The van der Waals surface area contributed by atoms with E-state index in [2.05, 4.69) is 35.4 Å². The molecule has 2 heterocycles. The summed E-state index contributed by atoms with van der Waals surface area (Å²) in [6.07, 6.45) is 7.30. The van der Waals surface area contributed by atoms with Gasteiger partial charge in [-0.2, -0.15) is 0 Å². The lowest BCUT2D eigenvalue weighted by Crippen LogP contribution is -2.35. The summed E-state index contributed by atoms with van der Waals surface area (Å²) in [7, 11) is 0. The number of carbonyl (C=O) groups is 1. The van der Waals surface area contributed by atoms with Crippen molar-refractivity contribution >= 4 is 34.1 Å². The van der Waals surface area contributed by atoms with Gasteiger partial charge in [-0.25, -0.2) is 0 Å². The Kier molecular flexibility index (Phi) is 7.81. The molecule has 29 heavy (non-hydrogen) atoms. The first-order chi connectivity index (χ1) is 14.1. The van der Waals surface area contributed by atoms with E-state index in [-0.39, 0.29) is 5.78 Å². The van der Waals surface area contributed by atoms with E-state index < -0.39 is 6.10 Å². The van der Waals surface area contributed by atoms with Crippen LogP contribution in [-0.2, 0) is 6.54 Å². The number of benzene rings is 1. The van der Waals surface area contributed by atoms with E-state index in [0.29, 0.717) is 13.1 Å². The predicted octanol–water partition coefficient (Wildman–Crippen LogP) is 5.08. The minimum atomic E-state index is -0.437. The summed E-state index contributed by atoms with van der Waals surface area (Å²) < 4.78 is 2.10. The number of aliphatic hydroxyl groups is 1. The van der Waals surface area contributed by atoms with Gasteiger partial charge in [0, 0.05) is 35.8 Å². The van der Waals surface area contributed by atoms with Crippen molar-refractivity contribution in [1.29, 1.82) is 0 Å². The maximum absolute atomic E-state index is 12.3. The molecule has 0 radical (unpaired) electrons. The van der Waals surface area contributed by atoms with Crippen molar-refractivity contribution in [3.8, 4) is 0 Å². The van der Waals surface area contributed by atoms with Crippen LogP contribution in [-0.4, -0.2) is 46.1 Å². The van der Waals surface area contributed by atoms with Gasteiger partial charge in [0.15, 0.2) is 5.78 Å². The summed E-state index contributed by atoms with van der Waals surface area (Å²) in [4.78, 5) is 15.4. The van der Waals surface area contributed by atoms with Gasteiger partial charge in [0.05, 0.1) is 11.0 Å². The minimum Gasteiger partial charge on any atom is -0.390 e. The van der Waals surface area contributed by atoms with Gasteiger partial charge in [-0.3, -0.25) is 4.79 Å². The zero-order chi connectivity index (χ0) is 20.6. The van der Waals surface area contributed by atoms with Gasteiger partial charge >= 0.3 is 0 Å². The summed E-state index contributed by atoms with van der Waals surface area (Å²) in [6.45, 7) is 7.58. The van der Waals surface area contributed by atoms with Gasteiger partial charge in [-0.15, -0.1) is 11.3 Å². The molecule has 1 N–H and O–H groups in total. The molecule has 1 atom stereocenters. The van der Waals surface area contributed by atoms with E-state index in [1.54, 1.807) is 6.08 Å². The molecule has 0 unspecified atom stereocenters. The van der Waals surface area contributed by atoms with Crippen LogP contribution in [0.4, 0.5) is 0 Å². The molecule has 4 nitrogen and oxygen atoms in total. The summed E-state index contributed by atoms with van der Waals surface area (Å²) >= 11 is 1.45. The standard InChI is InChI=1S/C24H30N2O2S/c1-3-13-25(14-4-2)17-20(27)18-26-16-19(21-8-5-6-9-22(21)26)11-12-23(28)24-10-7-15-29-24/h5-12,15-16,20,27H,3-4,13-14,17-18H2,1-2H3/b12-11+/t20-/m0/s1. The third-order valence-electron chi connectivity index (χ3n) is 4.95. The normalized spacial score (nSPS) is 13.0. The molecule has 0 amide bonds.